The number of aromatic nitrogens is 4. The molecule has 4 aromatic carbocycles. The number of anilines is 2. The van der Waals surface area contributed by atoms with Crippen molar-refractivity contribution in [3.05, 3.63) is 121 Å². The third-order valence-electron chi connectivity index (χ3n) is 8.07. The van der Waals surface area contributed by atoms with Gasteiger partial charge in [0.15, 0.2) is 0 Å². The summed E-state index contributed by atoms with van der Waals surface area (Å²) in [4.78, 5) is 33.6. The first-order valence-corrected chi connectivity index (χ1v) is 16.2. The van der Waals surface area contributed by atoms with Gasteiger partial charge in [0.25, 0.3) is 5.91 Å². The molecule has 0 aliphatic rings. The van der Waals surface area contributed by atoms with Crippen LogP contribution in [-0.4, -0.2) is 65.4 Å². The molecule has 51 heavy (non-hydrogen) atoms. The zero-order chi connectivity index (χ0) is 36.2. The molecule has 0 bridgehead atoms. The minimum absolute atomic E-state index is 0.0498. The minimum atomic E-state index is -3.44. The smallest absolute Gasteiger partial charge is 0.326 e. The molecule has 260 valence electrons. The Kier molecular flexibility index (Phi) is 9.86. The summed E-state index contributed by atoms with van der Waals surface area (Å²) in [6.45, 7) is 0. The van der Waals surface area contributed by atoms with Crippen molar-refractivity contribution < 1.29 is 41.4 Å². The molecule has 2 aromatic heterocycles. The second-order valence-corrected chi connectivity index (χ2v) is 11.9. The zero-order valence-corrected chi connectivity index (χ0v) is 27.8. The molecule has 0 spiro atoms. The van der Waals surface area contributed by atoms with Crippen molar-refractivity contribution in [1.82, 2.24) is 25.1 Å². The summed E-state index contributed by atoms with van der Waals surface area (Å²) >= 11 is 0. The monoisotopic (exact) mass is 714 g/mol. The van der Waals surface area contributed by atoms with E-state index in [1.807, 2.05) is 0 Å². The van der Waals surface area contributed by atoms with Crippen LogP contribution in [0, 0.1) is 11.6 Å². The van der Waals surface area contributed by atoms with Crippen LogP contribution < -0.4 is 19.1 Å². The molecule has 2 heterocycles. The molecule has 1 atom stereocenters. The molecule has 6 rings (SSSR count). The largest absolute Gasteiger partial charge is 0.496 e. The van der Waals surface area contributed by atoms with Gasteiger partial charge in [-0.15, -0.1) is 0 Å². The molecule has 0 saturated carbocycles. The number of halogens is 2. The number of amides is 1. The number of nitrogens with one attached hydrogen (secondary N) is 1. The molecule has 16 heteroatoms. The van der Waals surface area contributed by atoms with Crippen molar-refractivity contribution in [1.29, 1.82) is 0 Å². The van der Waals surface area contributed by atoms with Crippen LogP contribution in [0.25, 0.3) is 27.6 Å². The van der Waals surface area contributed by atoms with Gasteiger partial charge in [-0.1, -0.05) is 18.2 Å². The molecular weight excluding hydrogens is 686 g/mol. The number of fused-ring (bicyclic) bond motifs is 1. The van der Waals surface area contributed by atoms with E-state index in [0.29, 0.717) is 61.1 Å². The topological polar surface area (TPSA) is 166 Å². The number of rotatable bonds is 12. The van der Waals surface area contributed by atoms with E-state index in [0.717, 1.165) is 0 Å². The van der Waals surface area contributed by atoms with E-state index in [2.05, 4.69) is 20.4 Å². The molecular formula is C35H28F2N6O7S. The maximum Gasteiger partial charge on any atom is 0.326 e. The van der Waals surface area contributed by atoms with Gasteiger partial charge in [-0.3, -0.25) is 9.78 Å². The Balaban J connectivity index is 1.28. The second-order valence-electron chi connectivity index (χ2n) is 11.0. The highest BCUT2D eigenvalue weighted by Gasteiger charge is 2.28. The highest BCUT2D eigenvalue weighted by Crippen LogP contribution is 2.42. The predicted molar refractivity (Wildman–Crippen MR) is 183 cm³/mol. The van der Waals surface area contributed by atoms with Crippen LogP contribution in [-0.2, 0) is 22.1 Å². The first-order chi connectivity index (χ1) is 24.6. The quantitative estimate of drug-likeness (QED) is 0.149. The maximum atomic E-state index is 15.4. The number of thiol groups is 1. The molecule has 6 aromatic rings. The van der Waals surface area contributed by atoms with Crippen LogP contribution in [0.4, 0.5) is 20.2 Å². The van der Waals surface area contributed by atoms with Crippen molar-refractivity contribution >= 4 is 44.9 Å². The molecule has 0 fully saturated rings. The highest BCUT2D eigenvalue weighted by molar-refractivity contribution is 7.74. The number of carbonyl (C=O) groups excluding carboxylic acids is 1. The fourth-order valence-electron chi connectivity index (χ4n) is 5.74. The van der Waals surface area contributed by atoms with E-state index in [1.54, 1.807) is 48.8 Å². The lowest BCUT2D eigenvalue weighted by Gasteiger charge is -2.20. The van der Waals surface area contributed by atoms with Gasteiger partial charge in [0, 0.05) is 24.2 Å². The zero-order valence-electron chi connectivity index (χ0n) is 26.9. The van der Waals surface area contributed by atoms with E-state index in [1.165, 1.54) is 55.8 Å². The normalized spacial score (nSPS) is 11.7. The number of carbonyl (C=O) groups is 2. The van der Waals surface area contributed by atoms with Gasteiger partial charge in [0.05, 0.1) is 36.8 Å². The molecule has 0 saturated heterocycles. The van der Waals surface area contributed by atoms with Gasteiger partial charge in [-0.2, -0.15) is 5.10 Å². The van der Waals surface area contributed by atoms with Crippen LogP contribution in [0.2, 0.25) is 0 Å². The molecule has 13 nitrogen and oxygen atoms in total. The summed E-state index contributed by atoms with van der Waals surface area (Å²) in [7, 11) is -0.392. The van der Waals surface area contributed by atoms with Crippen LogP contribution in [0.5, 0.6) is 11.5 Å². The molecule has 0 aliphatic carbocycles. The van der Waals surface area contributed by atoms with E-state index in [4.69, 9.17) is 9.47 Å². The summed E-state index contributed by atoms with van der Waals surface area (Å²) in [6, 6.07) is 16.1. The van der Waals surface area contributed by atoms with Crippen molar-refractivity contribution in [3.8, 4) is 28.3 Å². The third-order valence-corrected chi connectivity index (χ3v) is 8.86. The summed E-state index contributed by atoms with van der Waals surface area (Å²) in [5.41, 5.74) is 0.937. The number of benzene rings is 4. The number of nitrogens with zero attached hydrogens (tertiary/aromatic N) is 5. The van der Waals surface area contributed by atoms with Gasteiger partial charge >= 0.3 is 5.97 Å². The maximum absolute atomic E-state index is 15.4. The summed E-state index contributed by atoms with van der Waals surface area (Å²) < 4.78 is 68.6. The van der Waals surface area contributed by atoms with Crippen molar-refractivity contribution in [2.45, 2.75) is 12.5 Å². The lowest BCUT2D eigenvalue weighted by atomic mass is 9.92. The number of carboxylic acid groups (broad SMARTS) is 1. The average molecular weight is 715 g/mol. The van der Waals surface area contributed by atoms with Crippen LogP contribution >= 0.6 is 0 Å². The Bertz CT molecular complexity index is 2280. The van der Waals surface area contributed by atoms with E-state index in [-0.39, 0.29) is 12.1 Å². The molecule has 1 unspecified atom stereocenters. The number of hydrogen-bond acceptors (Lipinski definition) is 9. The molecule has 2 N–H and O–H groups in total. The Hall–Kier alpha value is -6.42. The fourth-order valence-corrected chi connectivity index (χ4v) is 6.36. The van der Waals surface area contributed by atoms with Crippen molar-refractivity contribution in [3.63, 3.8) is 0 Å². The predicted octanol–water partition coefficient (Wildman–Crippen LogP) is 4.87. The number of ether oxygens (including phenoxy) is 2. The number of hydrogen-bond donors (Lipinski definition) is 3. The lowest BCUT2D eigenvalue weighted by molar-refractivity contribution is -0.139. The van der Waals surface area contributed by atoms with Gasteiger partial charge in [-0.05, 0) is 71.1 Å². The Morgan fingerprint density at radius 1 is 0.922 bits per heavy atom. The minimum Gasteiger partial charge on any atom is -0.496 e. The molecule has 1 amide bonds. The van der Waals surface area contributed by atoms with E-state index >= 15 is 8.78 Å². The molecule has 0 radical (unpaired) electrons. The number of carboxylic acids is 1. The van der Waals surface area contributed by atoms with Gasteiger partial charge in [-0.25, -0.2) is 36.0 Å². The van der Waals surface area contributed by atoms with E-state index < -0.39 is 51.7 Å². The Labute approximate surface area is 290 Å². The first-order valence-electron chi connectivity index (χ1n) is 15.1. The van der Waals surface area contributed by atoms with Gasteiger partial charge in [0.1, 0.15) is 47.4 Å². The number of pyridine rings is 1. The Morgan fingerprint density at radius 3 is 2.20 bits per heavy atom. The molecule has 0 aliphatic heterocycles. The van der Waals surface area contributed by atoms with Crippen LogP contribution in [0.15, 0.2) is 97.8 Å². The Morgan fingerprint density at radius 2 is 1.61 bits per heavy atom. The number of aliphatic carboxylic acids is 1. The standard InChI is InChI=1S/C35H28F2N6O7S/c1-49-30-4-3-5-31(50-2)32(30)25-11-6-20(26-17-38-13-12-24(25)26)14-29(35(45)46)41-34(44)33-27(36)15-23(16-28(33)37)43(51(47)48)22-9-7-21(8-10-22)42-19-39-18-40-42/h3-13,15-19,29,51H,14H2,1-2H3,(H,41,44)(H,45,46). The first kappa shape index (κ1) is 34.4. The highest BCUT2D eigenvalue weighted by atomic mass is 32.2. The van der Waals surface area contributed by atoms with Gasteiger partial charge in [0.2, 0.25) is 10.9 Å². The summed E-state index contributed by atoms with van der Waals surface area (Å²) in [5, 5.41) is 17.5. The summed E-state index contributed by atoms with van der Waals surface area (Å²) in [5.74, 6) is -4.54. The van der Waals surface area contributed by atoms with Crippen molar-refractivity contribution in [2.24, 2.45) is 0 Å². The summed E-state index contributed by atoms with van der Waals surface area (Å²) in [6.07, 6.45) is 5.59. The van der Waals surface area contributed by atoms with Gasteiger partial charge < -0.3 is 19.9 Å². The number of methoxy groups -OCH3 is 2. The van der Waals surface area contributed by atoms with Crippen molar-refractivity contribution in [2.75, 3.05) is 18.5 Å². The average Bonchev–Trinajstić information content (AvgIpc) is 3.66. The van der Waals surface area contributed by atoms with Crippen LogP contribution in [0.3, 0.4) is 0 Å². The third kappa shape index (κ3) is 6.89. The second kappa shape index (κ2) is 14.6. The fraction of sp³-hybridized carbons (Fsp3) is 0.114. The lowest BCUT2D eigenvalue weighted by Crippen LogP contribution is -2.43. The van der Waals surface area contributed by atoms with Crippen LogP contribution in [0.1, 0.15) is 15.9 Å². The SMILES string of the molecule is COc1cccc(OC)c1-c1ccc(CC(NC(=O)c2c(F)cc(N(c3ccc(-n4cncn4)cc3)[SH](=O)=O)cc2F)C(=O)O)c2cnccc12. The van der Waals surface area contributed by atoms with E-state index in [9.17, 15) is 23.1 Å².